The highest BCUT2D eigenvalue weighted by Crippen LogP contribution is 2.11. The molecule has 1 N–H and O–H groups in total. The first-order valence-electron chi connectivity index (χ1n) is 6.86. The van der Waals surface area contributed by atoms with Crippen molar-refractivity contribution in [2.45, 2.75) is 60.9 Å². The number of hydrogen-bond acceptors (Lipinski definition) is 2. The van der Waals surface area contributed by atoms with Crippen LogP contribution in [0.15, 0.2) is 0 Å². The van der Waals surface area contributed by atoms with Crippen molar-refractivity contribution in [2.24, 2.45) is 0 Å². The second-order valence-corrected chi connectivity index (χ2v) is 4.35. The lowest BCUT2D eigenvalue weighted by atomic mass is 10.3. The zero-order valence-electron chi connectivity index (χ0n) is 12.9. The van der Waals surface area contributed by atoms with Gasteiger partial charge in [-0.25, -0.2) is 0 Å². The summed E-state index contributed by atoms with van der Waals surface area (Å²) in [6, 6.07) is 0.629. The predicted molar refractivity (Wildman–Crippen MR) is 81.9 cm³/mol. The number of rotatable bonds is 7. The summed E-state index contributed by atoms with van der Waals surface area (Å²) in [7, 11) is 0.960. The van der Waals surface area contributed by atoms with Gasteiger partial charge in [0, 0.05) is 12.6 Å². The zero-order valence-corrected chi connectivity index (χ0v) is 13.9. The third-order valence-corrected chi connectivity index (χ3v) is 3.03. The molecule has 0 spiro atoms. The molecule has 1 unspecified atom stereocenters. The van der Waals surface area contributed by atoms with E-state index < -0.39 is 0 Å². The Morgan fingerprint density at radius 3 is 1.94 bits per heavy atom. The van der Waals surface area contributed by atoms with Gasteiger partial charge in [-0.05, 0) is 26.2 Å². The van der Waals surface area contributed by atoms with Gasteiger partial charge in [-0.2, -0.15) is 0 Å². The molecule has 102 valence electrons. The summed E-state index contributed by atoms with van der Waals surface area (Å²) in [5.74, 6) is 0. The van der Waals surface area contributed by atoms with Crippen LogP contribution >= 0.6 is 8.73 Å². The smallest absolute Gasteiger partial charge is 0.00305 e. The van der Waals surface area contributed by atoms with Gasteiger partial charge < -0.3 is 5.32 Å². The van der Waals surface area contributed by atoms with Crippen LogP contribution in [0.4, 0.5) is 0 Å². The Hall–Kier alpha value is 0.350. The average molecular weight is 250 g/mol. The lowest BCUT2D eigenvalue weighted by Gasteiger charge is -2.18. The van der Waals surface area contributed by atoms with Crippen LogP contribution in [0.1, 0.15) is 54.9 Å². The van der Waals surface area contributed by atoms with Crippen LogP contribution in [0, 0.1) is 0 Å². The van der Waals surface area contributed by atoms with Crippen molar-refractivity contribution in [2.75, 3.05) is 26.3 Å². The highest BCUT2D eigenvalue weighted by molar-refractivity contribution is 7.34. The minimum Gasteiger partial charge on any atom is -0.314 e. The lowest BCUT2D eigenvalue weighted by Crippen LogP contribution is -2.26. The molecule has 0 radical (unpaired) electrons. The molecule has 0 aromatic heterocycles. The maximum absolute atomic E-state index is 3.43. The van der Waals surface area contributed by atoms with Gasteiger partial charge in [0.25, 0.3) is 0 Å². The molecule has 0 amide bonds. The maximum Gasteiger partial charge on any atom is 0.00305 e. The minimum atomic E-state index is 0.629. The first-order chi connectivity index (χ1) is 7.70. The molecule has 0 rings (SSSR count). The van der Waals surface area contributed by atoms with Crippen molar-refractivity contribution < 1.29 is 0 Å². The van der Waals surface area contributed by atoms with Gasteiger partial charge >= 0.3 is 0 Å². The summed E-state index contributed by atoms with van der Waals surface area (Å²) >= 11 is 0. The Kier molecular flexibility index (Phi) is 28.0. The fourth-order valence-corrected chi connectivity index (χ4v) is 1.79. The fourth-order valence-electron chi connectivity index (χ4n) is 1.09. The first kappa shape index (κ1) is 21.6. The van der Waals surface area contributed by atoms with Gasteiger partial charge in [-0.3, -0.25) is 4.67 Å². The minimum absolute atomic E-state index is 0.629. The third-order valence-electron chi connectivity index (χ3n) is 1.86. The Morgan fingerprint density at radius 1 is 1.12 bits per heavy atom. The molecule has 0 aromatic rings. The van der Waals surface area contributed by atoms with Crippen LogP contribution in [0.2, 0.25) is 0 Å². The highest BCUT2D eigenvalue weighted by Gasteiger charge is 1.97. The van der Waals surface area contributed by atoms with Crippen LogP contribution in [-0.4, -0.2) is 37.0 Å². The number of nitrogens with one attached hydrogen (secondary N) is 1. The molecule has 3 heteroatoms. The number of nitrogens with zero attached hydrogens (tertiary/aromatic N) is 1. The molecule has 0 aromatic carbocycles. The molecular formula is C13H35N2P. The van der Waals surface area contributed by atoms with Crippen molar-refractivity contribution >= 4 is 8.73 Å². The number of hydrogen-bond donors (Lipinski definition) is 1. The van der Waals surface area contributed by atoms with Crippen molar-refractivity contribution in [3.8, 4) is 0 Å². The predicted octanol–water partition coefficient (Wildman–Crippen LogP) is 3.97. The van der Waals surface area contributed by atoms with E-state index in [0.717, 1.165) is 15.3 Å². The Morgan fingerprint density at radius 2 is 1.62 bits per heavy atom. The van der Waals surface area contributed by atoms with Gasteiger partial charge in [0.15, 0.2) is 0 Å². The molecule has 2 nitrogen and oxygen atoms in total. The lowest BCUT2D eigenvalue weighted by molar-refractivity contribution is 0.455. The fraction of sp³-hybridized carbons (Fsp3) is 1.00. The van der Waals surface area contributed by atoms with E-state index in [1.54, 1.807) is 0 Å². The summed E-state index contributed by atoms with van der Waals surface area (Å²) in [5, 5.41) is 3.43. The van der Waals surface area contributed by atoms with Crippen LogP contribution in [0.25, 0.3) is 0 Å². The van der Waals surface area contributed by atoms with Crippen molar-refractivity contribution in [3.05, 3.63) is 0 Å². The SMILES string of the molecule is CC.CC.CCN(CCCNC(C)C)PC. The van der Waals surface area contributed by atoms with Crippen molar-refractivity contribution in [1.82, 2.24) is 9.99 Å². The van der Waals surface area contributed by atoms with Crippen LogP contribution in [0.5, 0.6) is 0 Å². The zero-order chi connectivity index (χ0) is 13.4. The summed E-state index contributed by atoms with van der Waals surface area (Å²) in [4.78, 5) is 0. The Bertz CT molecular complexity index is 93.9. The molecule has 1 atom stereocenters. The van der Waals surface area contributed by atoms with Crippen LogP contribution < -0.4 is 5.32 Å². The second kappa shape index (κ2) is 20.7. The summed E-state index contributed by atoms with van der Waals surface area (Å²) < 4.78 is 2.49. The molecule has 0 aliphatic carbocycles. The standard InChI is InChI=1S/C9H23N2P.2C2H6/c1-5-11(12-4)8-6-7-10-9(2)3;2*1-2/h9-10,12H,5-8H2,1-4H3;2*1-2H3. The van der Waals surface area contributed by atoms with E-state index in [2.05, 4.69) is 37.4 Å². The molecule has 0 aliphatic heterocycles. The van der Waals surface area contributed by atoms with Gasteiger partial charge in [-0.1, -0.05) is 57.2 Å². The first-order valence-corrected chi connectivity index (χ1v) is 8.31. The average Bonchev–Trinajstić information content (AvgIpc) is 2.34. The maximum atomic E-state index is 3.43. The van der Waals surface area contributed by atoms with E-state index in [0.29, 0.717) is 6.04 Å². The molecule has 16 heavy (non-hydrogen) atoms. The summed E-state index contributed by atoms with van der Waals surface area (Å²) in [5.41, 5.74) is 0. The summed E-state index contributed by atoms with van der Waals surface area (Å²) in [6.07, 6.45) is 1.27. The Balaban J connectivity index is -0.000000376. The topological polar surface area (TPSA) is 15.3 Å². The third kappa shape index (κ3) is 19.9. The Labute approximate surface area is 106 Å². The van der Waals surface area contributed by atoms with E-state index in [1.807, 2.05) is 27.7 Å². The second-order valence-electron chi connectivity index (χ2n) is 3.27. The largest absolute Gasteiger partial charge is 0.314 e. The van der Waals surface area contributed by atoms with E-state index >= 15 is 0 Å². The monoisotopic (exact) mass is 250 g/mol. The van der Waals surface area contributed by atoms with Crippen LogP contribution in [-0.2, 0) is 0 Å². The van der Waals surface area contributed by atoms with Crippen molar-refractivity contribution in [3.63, 3.8) is 0 Å². The van der Waals surface area contributed by atoms with E-state index in [9.17, 15) is 0 Å². The molecular weight excluding hydrogens is 215 g/mol. The molecule has 0 heterocycles. The normalized spacial score (nSPS) is 10.1. The molecule has 0 aliphatic rings. The molecule has 0 saturated carbocycles. The van der Waals surface area contributed by atoms with Crippen molar-refractivity contribution in [1.29, 1.82) is 0 Å². The van der Waals surface area contributed by atoms with Gasteiger partial charge in [-0.15, -0.1) is 0 Å². The van der Waals surface area contributed by atoms with Gasteiger partial charge in [0.2, 0.25) is 0 Å². The highest BCUT2D eigenvalue weighted by atomic mass is 31.1. The van der Waals surface area contributed by atoms with E-state index in [-0.39, 0.29) is 0 Å². The van der Waals surface area contributed by atoms with Crippen LogP contribution in [0.3, 0.4) is 0 Å². The summed E-state index contributed by atoms with van der Waals surface area (Å²) in [6.45, 7) is 20.4. The molecule has 0 bridgehead atoms. The van der Waals surface area contributed by atoms with E-state index in [4.69, 9.17) is 0 Å². The quantitative estimate of drug-likeness (QED) is 0.543. The van der Waals surface area contributed by atoms with E-state index in [1.165, 1.54) is 19.5 Å². The molecule has 0 saturated heterocycles. The van der Waals surface area contributed by atoms with Gasteiger partial charge in [0.1, 0.15) is 0 Å². The van der Waals surface area contributed by atoms with Gasteiger partial charge in [0.05, 0.1) is 0 Å². The molecule has 0 fully saturated rings.